The van der Waals surface area contributed by atoms with Crippen molar-refractivity contribution in [2.24, 2.45) is 0 Å². The van der Waals surface area contributed by atoms with Crippen molar-refractivity contribution in [1.29, 1.82) is 0 Å². The van der Waals surface area contributed by atoms with Crippen molar-refractivity contribution in [2.45, 2.75) is 33.4 Å². The summed E-state index contributed by atoms with van der Waals surface area (Å²) in [6.07, 6.45) is 0. The van der Waals surface area contributed by atoms with Gasteiger partial charge in [0.1, 0.15) is 0 Å². The van der Waals surface area contributed by atoms with E-state index in [-0.39, 0.29) is 12.1 Å². The number of thiazole rings is 1. The zero-order valence-electron chi connectivity index (χ0n) is 18.7. The Morgan fingerprint density at radius 2 is 1.73 bits per heavy atom. The van der Waals surface area contributed by atoms with Crippen LogP contribution in [0.5, 0.6) is 0 Å². The molecule has 0 unspecified atom stereocenters. The minimum absolute atomic E-state index is 0.0465. The van der Waals surface area contributed by atoms with Gasteiger partial charge < -0.3 is 15.4 Å². The van der Waals surface area contributed by atoms with Gasteiger partial charge in [0, 0.05) is 23.5 Å². The molecule has 0 atom stereocenters. The lowest BCUT2D eigenvalue weighted by Gasteiger charge is -2.10. The average molecular weight is 467 g/mol. The van der Waals surface area contributed by atoms with E-state index in [2.05, 4.69) is 20.9 Å². The molecular weight excluding hydrogens is 440 g/mol. The van der Waals surface area contributed by atoms with Crippen molar-refractivity contribution in [3.63, 3.8) is 0 Å². The fourth-order valence-corrected chi connectivity index (χ4v) is 3.55. The first-order valence-electron chi connectivity index (χ1n) is 10.4. The Kier molecular flexibility index (Phi) is 8.15. The molecule has 0 aliphatic carbocycles. The highest BCUT2D eigenvalue weighted by Gasteiger charge is 2.13. The summed E-state index contributed by atoms with van der Waals surface area (Å²) in [6.45, 7) is 5.67. The molecule has 3 aromatic rings. The molecule has 0 saturated heterocycles. The molecule has 0 saturated carbocycles. The number of nitrogens with zero attached hydrogens (tertiary/aromatic N) is 1. The zero-order chi connectivity index (χ0) is 23.8. The molecule has 0 aliphatic heterocycles. The molecule has 0 fully saturated rings. The van der Waals surface area contributed by atoms with Crippen molar-refractivity contribution in [2.75, 3.05) is 11.9 Å². The number of carbonyl (C=O) groups is 3. The van der Waals surface area contributed by atoms with Gasteiger partial charge in [0.2, 0.25) is 0 Å². The Hall–Kier alpha value is -3.72. The number of hydrogen-bond acceptors (Lipinski definition) is 6. The Bertz CT molecular complexity index is 1110. The Morgan fingerprint density at radius 3 is 2.39 bits per heavy atom. The van der Waals surface area contributed by atoms with Crippen LogP contribution < -0.4 is 16.0 Å². The lowest BCUT2D eigenvalue weighted by atomic mass is 10.1. The van der Waals surface area contributed by atoms with Gasteiger partial charge in [0.25, 0.3) is 5.91 Å². The summed E-state index contributed by atoms with van der Waals surface area (Å²) in [5.41, 5.74) is 4.03. The van der Waals surface area contributed by atoms with Gasteiger partial charge in [-0.25, -0.2) is 14.6 Å². The highest BCUT2D eigenvalue weighted by Crippen LogP contribution is 2.25. The van der Waals surface area contributed by atoms with Crippen LogP contribution in [0.2, 0.25) is 0 Å². The Labute approximate surface area is 196 Å². The van der Waals surface area contributed by atoms with Crippen LogP contribution in [0.15, 0.2) is 53.9 Å². The summed E-state index contributed by atoms with van der Waals surface area (Å²) < 4.78 is 5.09. The maximum atomic E-state index is 12.2. The number of amides is 3. The predicted molar refractivity (Wildman–Crippen MR) is 128 cm³/mol. The second-order valence-electron chi connectivity index (χ2n) is 7.71. The first-order chi connectivity index (χ1) is 15.8. The summed E-state index contributed by atoms with van der Waals surface area (Å²) in [6, 6.07) is 14.3. The van der Waals surface area contributed by atoms with E-state index >= 15 is 0 Å². The molecule has 0 aliphatic rings. The van der Waals surface area contributed by atoms with Gasteiger partial charge in [-0.15, -0.1) is 11.3 Å². The molecular formula is C24H26N4O4S. The number of aromatic nitrogens is 1. The summed E-state index contributed by atoms with van der Waals surface area (Å²) in [7, 11) is 0. The Morgan fingerprint density at radius 1 is 1.03 bits per heavy atom. The first-order valence-corrected chi connectivity index (χ1v) is 11.3. The quantitative estimate of drug-likeness (QED) is 0.433. The second kappa shape index (κ2) is 11.2. The highest BCUT2D eigenvalue weighted by atomic mass is 32.1. The molecule has 0 bridgehead atoms. The number of urea groups is 1. The van der Waals surface area contributed by atoms with Crippen LogP contribution in [0.25, 0.3) is 11.3 Å². The van der Waals surface area contributed by atoms with E-state index in [1.165, 1.54) is 11.3 Å². The standard InChI is InChI=1S/C24H26N4O4S/c1-15(2)26-23(31)25-12-17-6-10-19(11-7-17)22(30)32-13-21(29)28-24-27-20(14-33-24)18-8-4-16(3)5-9-18/h4-11,14-15H,12-13H2,1-3H3,(H2,25,26,31)(H,27,28,29). The number of nitrogens with one attached hydrogen (secondary N) is 3. The fourth-order valence-electron chi connectivity index (χ4n) is 2.81. The van der Waals surface area contributed by atoms with Gasteiger partial charge in [-0.05, 0) is 38.5 Å². The molecule has 3 amide bonds. The lowest BCUT2D eigenvalue weighted by Crippen LogP contribution is -2.39. The zero-order valence-corrected chi connectivity index (χ0v) is 19.5. The molecule has 1 aromatic heterocycles. The van der Waals surface area contributed by atoms with Gasteiger partial charge in [0.05, 0.1) is 11.3 Å². The maximum absolute atomic E-state index is 12.2. The largest absolute Gasteiger partial charge is 0.452 e. The summed E-state index contributed by atoms with van der Waals surface area (Å²) in [4.78, 5) is 40.4. The molecule has 2 aromatic carbocycles. The van der Waals surface area contributed by atoms with Crippen molar-refractivity contribution in [1.82, 2.24) is 15.6 Å². The SMILES string of the molecule is Cc1ccc(-c2csc(NC(=O)COC(=O)c3ccc(CNC(=O)NC(C)C)cc3)n2)cc1. The fraction of sp³-hybridized carbons (Fsp3) is 0.250. The van der Waals surface area contributed by atoms with Crippen LogP contribution in [0.3, 0.4) is 0 Å². The molecule has 1 heterocycles. The van der Waals surface area contributed by atoms with Gasteiger partial charge in [-0.2, -0.15) is 0 Å². The van der Waals surface area contributed by atoms with Crippen molar-refractivity contribution < 1.29 is 19.1 Å². The van der Waals surface area contributed by atoms with E-state index in [0.29, 0.717) is 17.2 Å². The molecule has 33 heavy (non-hydrogen) atoms. The van der Waals surface area contributed by atoms with Crippen LogP contribution in [-0.2, 0) is 16.1 Å². The van der Waals surface area contributed by atoms with Crippen molar-refractivity contribution >= 4 is 34.4 Å². The topological polar surface area (TPSA) is 109 Å². The average Bonchev–Trinajstić information content (AvgIpc) is 3.25. The summed E-state index contributed by atoms with van der Waals surface area (Å²) >= 11 is 1.30. The van der Waals surface area contributed by atoms with Crippen molar-refractivity contribution in [3.8, 4) is 11.3 Å². The van der Waals surface area contributed by atoms with Gasteiger partial charge in [0.15, 0.2) is 11.7 Å². The minimum atomic E-state index is -0.610. The number of rotatable bonds is 8. The third kappa shape index (κ3) is 7.43. The van der Waals surface area contributed by atoms with Gasteiger partial charge in [-0.1, -0.05) is 42.0 Å². The van der Waals surface area contributed by atoms with Crippen LogP contribution in [0.4, 0.5) is 9.93 Å². The summed E-state index contributed by atoms with van der Waals surface area (Å²) in [5, 5.41) is 10.4. The lowest BCUT2D eigenvalue weighted by molar-refractivity contribution is -0.119. The molecule has 0 spiro atoms. The van der Waals surface area contributed by atoms with E-state index in [1.54, 1.807) is 24.3 Å². The number of esters is 1. The number of aryl methyl sites for hydroxylation is 1. The van der Waals surface area contributed by atoms with Crippen molar-refractivity contribution in [3.05, 3.63) is 70.6 Å². The predicted octanol–water partition coefficient (Wildman–Crippen LogP) is 4.12. The Balaban J connectivity index is 1.45. The molecule has 3 rings (SSSR count). The second-order valence-corrected chi connectivity index (χ2v) is 8.56. The number of benzene rings is 2. The molecule has 3 N–H and O–H groups in total. The molecule has 0 radical (unpaired) electrons. The number of ether oxygens (including phenoxy) is 1. The molecule has 9 heteroatoms. The first kappa shape index (κ1) is 23.9. The minimum Gasteiger partial charge on any atom is -0.452 e. The van der Waals surface area contributed by atoms with Gasteiger partial charge in [-0.3, -0.25) is 10.1 Å². The number of anilines is 1. The third-order valence-electron chi connectivity index (χ3n) is 4.49. The monoisotopic (exact) mass is 466 g/mol. The van der Waals surface area contributed by atoms with E-state index in [0.717, 1.165) is 22.4 Å². The summed E-state index contributed by atoms with van der Waals surface area (Å²) in [5.74, 6) is -1.08. The van der Waals surface area contributed by atoms with E-state index in [1.807, 2.05) is 50.4 Å². The third-order valence-corrected chi connectivity index (χ3v) is 5.25. The van der Waals surface area contributed by atoms with E-state index in [4.69, 9.17) is 4.74 Å². The number of hydrogen-bond donors (Lipinski definition) is 3. The van der Waals surface area contributed by atoms with Crippen LogP contribution in [0.1, 0.15) is 35.3 Å². The van der Waals surface area contributed by atoms with E-state index < -0.39 is 18.5 Å². The molecule has 172 valence electrons. The van der Waals surface area contributed by atoms with Crippen LogP contribution in [0, 0.1) is 6.92 Å². The highest BCUT2D eigenvalue weighted by molar-refractivity contribution is 7.14. The normalized spacial score (nSPS) is 10.5. The van der Waals surface area contributed by atoms with Crippen LogP contribution in [-0.4, -0.2) is 35.5 Å². The maximum Gasteiger partial charge on any atom is 0.338 e. The number of carbonyl (C=O) groups excluding carboxylic acids is 3. The van der Waals surface area contributed by atoms with E-state index in [9.17, 15) is 14.4 Å². The smallest absolute Gasteiger partial charge is 0.338 e. The van der Waals surface area contributed by atoms with Gasteiger partial charge >= 0.3 is 12.0 Å². The molecule has 8 nitrogen and oxygen atoms in total. The van der Waals surface area contributed by atoms with Crippen LogP contribution >= 0.6 is 11.3 Å².